The number of Topliss-reactive ketones (excluding diaryl/α,β-unsaturated/α-hetero) is 1. The largest absolute Gasteiger partial charge is 0.367 e. The third-order valence-electron chi connectivity index (χ3n) is 5.00. The highest BCUT2D eigenvalue weighted by Gasteiger charge is 2.14. The van der Waals surface area contributed by atoms with Crippen LogP contribution in [-0.2, 0) is 0 Å². The molecule has 0 amide bonds. The predicted octanol–water partition coefficient (Wildman–Crippen LogP) is 5.75. The normalized spacial score (nSPS) is 11.3. The summed E-state index contributed by atoms with van der Waals surface area (Å²) < 4.78 is 1.92. The van der Waals surface area contributed by atoms with Crippen molar-refractivity contribution in [2.24, 2.45) is 0 Å². The van der Waals surface area contributed by atoms with E-state index >= 15 is 0 Å². The van der Waals surface area contributed by atoms with Crippen LogP contribution in [0.5, 0.6) is 0 Å². The van der Waals surface area contributed by atoms with E-state index in [1.165, 1.54) is 0 Å². The van der Waals surface area contributed by atoms with Crippen LogP contribution in [0.3, 0.4) is 0 Å². The Bertz CT molecular complexity index is 1210. The highest BCUT2D eigenvalue weighted by molar-refractivity contribution is 6.42. The number of benzene rings is 2. The molecule has 1 N–H and O–H groups in total. The molecule has 4 rings (SSSR count). The van der Waals surface area contributed by atoms with E-state index < -0.39 is 0 Å². The van der Waals surface area contributed by atoms with Crippen LogP contribution < -0.4 is 5.32 Å². The number of aryl methyl sites for hydroxylation is 1. The van der Waals surface area contributed by atoms with Gasteiger partial charge in [-0.05, 0) is 31.9 Å². The van der Waals surface area contributed by atoms with E-state index in [9.17, 15) is 4.79 Å². The number of carbonyl (C=O) groups is 1. The van der Waals surface area contributed by atoms with E-state index in [1.54, 1.807) is 12.1 Å². The van der Waals surface area contributed by atoms with E-state index in [-0.39, 0.29) is 5.78 Å². The Morgan fingerprint density at radius 1 is 1.03 bits per heavy atom. The number of halogens is 2. The second kappa shape index (κ2) is 8.98. The molecule has 0 spiro atoms. The maximum atomic E-state index is 12.2. The van der Waals surface area contributed by atoms with Gasteiger partial charge in [-0.15, -0.1) is 10.2 Å². The molecule has 8 heteroatoms. The second-order valence-electron chi connectivity index (χ2n) is 7.15. The summed E-state index contributed by atoms with van der Waals surface area (Å²) in [6.07, 6.45) is 3.28. The van der Waals surface area contributed by atoms with Crippen LogP contribution in [0.25, 0.3) is 16.7 Å². The smallest absolute Gasteiger partial charge is 0.204 e. The van der Waals surface area contributed by atoms with Crippen LogP contribution in [0.4, 0.5) is 5.82 Å². The number of ketones is 1. The summed E-state index contributed by atoms with van der Waals surface area (Å²) in [5.41, 5.74) is 2.96. The Morgan fingerprint density at radius 3 is 2.60 bits per heavy atom. The molecule has 0 saturated carbocycles. The van der Waals surface area contributed by atoms with Crippen molar-refractivity contribution in [1.82, 2.24) is 19.6 Å². The topological polar surface area (TPSA) is 72.2 Å². The second-order valence-corrected chi connectivity index (χ2v) is 7.96. The van der Waals surface area contributed by atoms with E-state index in [0.29, 0.717) is 27.9 Å². The zero-order valence-electron chi connectivity index (χ0n) is 16.5. The number of rotatable bonds is 8. The Balaban J connectivity index is 1.39. The van der Waals surface area contributed by atoms with Crippen LogP contribution in [0.15, 0.2) is 42.5 Å². The van der Waals surface area contributed by atoms with Crippen molar-refractivity contribution < 1.29 is 4.79 Å². The first kappa shape index (κ1) is 20.6. The number of unbranched alkanes of at least 4 members (excludes halogenated alkanes) is 2. The van der Waals surface area contributed by atoms with E-state index in [2.05, 4.69) is 20.5 Å². The fourth-order valence-electron chi connectivity index (χ4n) is 3.45. The molecular weight excluding hydrogens is 421 g/mol. The number of aromatic nitrogens is 4. The van der Waals surface area contributed by atoms with Crippen molar-refractivity contribution in [1.29, 1.82) is 0 Å². The van der Waals surface area contributed by atoms with E-state index in [4.69, 9.17) is 23.2 Å². The highest BCUT2D eigenvalue weighted by Crippen LogP contribution is 2.29. The molecule has 6 nitrogen and oxygen atoms in total. The fraction of sp³-hybridized carbons (Fsp3) is 0.273. The molecule has 4 aromatic rings. The minimum atomic E-state index is 0.191. The zero-order chi connectivity index (χ0) is 21.1. The maximum absolute atomic E-state index is 12.2. The SMILES string of the molecule is Cc1nnc2c(NCCCCCC(=O)c3ccccc3)nc3cc(Cl)c(Cl)cc3n12. The lowest BCUT2D eigenvalue weighted by molar-refractivity contribution is 0.0979. The molecule has 0 unspecified atom stereocenters. The number of nitrogens with zero attached hydrogens (tertiary/aromatic N) is 4. The van der Waals surface area contributed by atoms with Gasteiger partial charge >= 0.3 is 0 Å². The van der Waals surface area contributed by atoms with E-state index in [0.717, 1.165) is 48.2 Å². The lowest BCUT2D eigenvalue weighted by Crippen LogP contribution is -2.07. The number of hydrogen-bond donors (Lipinski definition) is 1. The molecule has 2 aromatic heterocycles. The number of fused-ring (bicyclic) bond motifs is 3. The first-order valence-electron chi connectivity index (χ1n) is 9.87. The number of nitrogens with one attached hydrogen (secondary N) is 1. The molecule has 2 aromatic carbocycles. The molecule has 0 aliphatic rings. The molecule has 0 aliphatic heterocycles. The van der Waals surface area contributed by atoms with Crippen LogP contribution in [0.1, 0.15) is 41.9 Å². The molecule has 0 atom stereocenters. The lowest BCUT2D eigenvalue weighted by Gasteiger charge is -2.10. The van der Waals surface area contributed by atoms with Gasteiger partial charge < -0.3 is 5.32 Å². The molecule has 2 heterocycles. The molecule has 0 bridgehead atoms. The Labute approximate surface area is 184 Å². The van der Waals surface area contributed by atoms with Crippen molar-refractivity contribution in [2.75, 3.05) is 11.9 Å². The Kier molecular flexibility index (Phi) is 6.16. The fourth-order valence-corrected chi connectivity index (χ4v) is 3.77. The van der Waals surface area contributed by atoms with Gasteiger partial charge in [0.1, 0.15) is 5.82 Å². The summed E-state index contributed by atoms with van der Waals surface area (Å²) in [7, 11) is 0. The third kappa shape index (κ3) is 4.25. The van der Waals surface area contributed by atoms with Crippen LogP contribution >= 0.6 is 23.2 Å². The maximum Gasteiger partial charge on any atom is 0.204 e. The third-order valence-corrected chi connectivity index (χ3v) is 5.72. The van der Waals surface area contributed by atoms with Crippen molar-refractivity contribution in [3.8, 4) is 0 Å². The van der Waals surface area contributed by atoms with Gasteiger partial charge in [0.25, 0.3) is 0 Å². The summed E-state index contributed by atoms with van der Waals surface area (Å²) in [4.78, 5) is 16.8. The standard InChI is InChI=1S/C22H21Cl2N5O/c1-14-27-28-22-21(26-18-12-16(23)17(24)13-19(18)29(14)22)25-11-7-3-6-10-20(30)15-8-4-2-5-9-15/h2,4-5,8-9,12-13H,3,6-7,10-11H2,1H3,(H,25,26). The minimum Gasteiger partial charge on any atom is -0.367 e. The minimum absolute atomic E-state index is 0.191. The average molecular weight is 442 g/mol. The monoisotopic (exact) mass is 441 g/mol. The summed E-state index contributed by atoms with van der Waals surface area (Å²) in [5.74, 6) is 1.59. The molecule has 0 saturated heterocycles. The van der Waals surface area contributed by atoms with Gasteiger partial charge in [-0.1, -0.05) is 60.0 Å². The van der Waals surface area contributed by atoms with Gasteiger partial charge in [0.05, 0.1) is 21.1 Å². The van der Waals surface area contributed by atoms with Gasteiger partial charge in [-0.2, -0.15) is 0 Å². The summed E-state index contributed by atoms with van der Waals surface area (Å²) >= 11 is 12.4. The van der Waals surface area contributed by atoms with Gasteiger partial charge in [-0.25, -0.2) is 4.98 Å². The number of anilines is 1. The molecule has 0 fully saturated rings. The van der Waals surface area contributed by atoms with Crippen molar-refractivity contribution >= 4 is 51.5 Å². The van der Waals surface area contributed by atoms with Crippen molar-refractivity contribution in [2.45, 2.75) is 32.6 Å². The average Bonchev–Trinajstić information content (AvgIpc) is 3.14. The van der Waals surface area contributed by atoms with Crippen molar-refractivity contribution in [3.63, 3.8) is 0 Å². The van der Waals surface area contributed by atoms with E-state index in [1.807, 2.05) is 41.7 Å². The molecule has 0 radical (unpaired) electrons. The lowest BCUT2D eigenvalue weighted by atomic mass is 10.0. The van der Waals surface area contributed by atoms with Gasteiger partial charge in [0, 0.05) is 18.5 Å². The van der Waals surface area contributed by atoms with Crippen LogP contribution in [0.2, 0.25) is 10.0 Å². The molecule has 0 aliphatic carbocycles. The van der Waals surface area contributed by atoms with Gasteiger partial charge in [-0.3, -0.25) is 9.20 Å². The van der Waals surface area contributed by atoms with Crippen LogP contribution in [-0.4, -0.2) is 31.9 Å². The van der Waals surface area contributed by atoms with Crippen molar-refractivity contribution in [3.05, 3.63) is 63.9 Å². The van der Waals surface area contributed by atoms with Crippen LogP contribution in [0, 0.1) is 6.92 Å². The number of hydrogen-bond acceptors (Lipinski definition) is 5. The molecule has 30 heavy (non-hydrogen) atoms. The first-order valence-corrected chi connectivity index (χ1v) is 10.6. The zero-order valence-corrected chi connectivity index (χ0v) is 18.0. The predicted molar refractivity (Wildman–Crippen MR) is 121 cm³/mol. The highest BCUT2D eigenvalue weighted by atomic mass is 35.5. The molecular formula is C22H21Cl2N5O. The van der Waals surface area contributed by atoms with Gasteiger partial charge in [0.15, 0.2) is 11.6 Å². The molecule has 154 valence electrons. The van der Waals surface area contributed by atoms with Gasteiger partial charge in [0.2, 0.25) is 5.65 Å². The quantitative estimate of drug-likeness (QED) is 0.278. The Morgan fingerprint density at radius 2 is 1.80 bits per heavy atom. The summed E-state index contributed by atoms with van der Waals surface area (Å²) in [5, 5.41) is 12.7. The summed E-state index contributed by atoms with van der Waals surface area (Å²) in [6, 6.07) is 13.0. The summed E-state index contributed by atoms with van der Waals surface area (Å²) in [6.45, 7) is 2.61. The first-order chi connectivity index (χ1) is 14.5. The number of carbonyl (C=O) groups excluding carboxylic acids is 1. The Hall–Kier alpha value is -2.70.